The van der Waals surface area contributed by atoms with E-state index in [-0.39, 0.29) is 12.5 Å². The fraction of sp³-hybridized carbons (Fsp3) is 0.250. The largest absolute Gasteiger partial charge is 0.485 e. The van der Waals surface area contributed by atoms with Gasteiger partial charge in [0.2, 0.25) is 11.7 Å². The molecule has 0 unspecified atom stereocenters. The number of amides is 1. The number of nitrogens with one attached hydrogen (secondary N) is 1. The van der Waals surface area contributed by atoms with E-state index in [0.717, 1.165) is 17.5 Å². The van der Waals surface area contributed by atoms with Gasteiger partial charge >= 0.3 is 0 Å². The molecule has 0 fully saturated rings. The van der Waals surface area contributed by atoms with Crippen molar-refractivity contribution in [1.82, 2.24) is 15.5 Å². The zero-order chi connectivity index (χ0) is 17.9. The Balaban J connectivity index is 1.41. The van der Waals surface area contributed by atoms with Gasteiger partial charge in [0.25, 0.3) is 5.91 Å². The molecule has 1 aromatic heterocycles. The van der Waals surface area contributed by atoms with E-state index in [1.54, 1.807) is 12.1 Å². The molecule has 0 radical (unpaired) electrons. The van der Waals surface area contributed by atoms with Gasteiger partial charge in [-0.15, -0.1) is 0 Å². The van der Waals surface area contributed by atoms with Crippen molar-refractivity contribution in [3.05, 3.63) is 76.4 Å². The second-order valence-corrected chi connectivity index (χ2v) is 6.32. The van der Waals surface area contributed by atoms with Crippen LogP contribution in [-0.4, -0.2) is 22.6 Å². The van der Waals surface area contributed by atoms with E-state index in [1.807, 2.05) is 18.2 Å². The molecule has 0 aliphatic carbocycles. The second-order valence-electron chi connectivity index (χ2n) is 6.32. The number of rotatable bonds is 5. The maximum atomic E-state index is 11.8. The lowest BCUT2D eigenvalue weighted by Gasteiger charge is -2.17. The standard InChI is InChI=1S/C20H19N3O3/c1-13-4-2-3-5-14(13)11-19-22-18(23-26-19)12-25-16-6-7-17-15(10-16)8-9-21-20(17)24/h2-7,10H,8-9,11-12H2,1H3,(H,21,24). The van der Waals surface area contributed by atoms with Crippen molar-refractivity contribution in [2.45, 2.75) is 26.4 Å². The number of benzene rings is 2. The first kappa shape index (κ1) is 16.3. The summed E-state index contributed by atoms with van der Waals surface area (Å²) in [6, 6.07) is 13.6. The third-order valence-electron chi connectivity index (χ3n) is 4.48. The summed E-state index contributed by atoms with van der Waals surface area (Å²) in [7, 11) is 0. The molecule has 1 amide bonds. The fourth-order valence-electron chi connectivity index (χ4n) is 3.03. The number of aryl methyl sites for hydroxylation is 1. The van der Waals surface area contributed by atoms with Gasteiger partial charge in [-0.2, -0.15) is 4.98 Å². The van der Waals surface area contributed by atoms with Crippen molar-refractivity contribution < 1.29 is 14.1 Å². The van der Waals surface area contributed by atoms with E-state index < -0.39 is 0 Å². The lowest BCUT2D eigenvalue weighted by Crippen LogP contribution is -2.31. The minimum atomic E-state index is -0.0307. The van der Waals surface area contributed by atoms with Gasteiger partial charge in [0.15, 0.2) is 6.61 Å². The molecule has 1 aliphatic rings. The first-order chi connectivity index (χ1) is 12.7. The van der Waals surface area contributed by atoms with Crippen LogP contribution in [0.2, 0.25) is 0 Å². The van der Waals surface area contributed by atoms with E-state index in [1.165, 1.54) is 5.56 Å². The molecular weight excluding hydrogens is 330 g/mol. The van der Waals surface area contributed by atoms with Crippen LogP contribution in [0.3, 0.4) is 0 Å². The van der Waals surface area contributed by atoms with Crippen molar-refractivity contribution in [3.63, 3.8) is 0 Å². The lowest BCUT2D eigenvalue weighted by atomic mass is 10.0. The highest BCUT2D eigenvalue weighted by molar-refractivity contribution is 5.96. The van der Waals surface area contributed by atoms with Crippen LogP contribution in [0.25, 0.3) is 0 Å². The first-order valence-corrected chi connectivity index (χ1v) is 8.59. The number of nitrogens with zero attached hydrogens (tertiary/aromatic N) is 2. The van der Waals surface area contributed by atoms with Crippen LogP contribution in [0, 0.1) is 6.92 Å². The van der Waals surface area contributed by atoms with E-state index in [0.29, 0.717) is 36.0 Å². The monoisotopic (exact) mass is 349 g/mol. The third-order valence-corrected chi connectivity index (χ3v) is 4.48. The Morgan fingerprint density at radius 2 is 2.12 bits per heavy atom. The van der Waals surface area contributed by atoms with E-state index in [2.05, 4.69) is 34.5 Å². The van der Waals surface area contributed by atoms with Crippen molar-refractivity contribution in [1.29, 1.82) is 0 Å². The average molecular weight is 349 g/mol. The molecule has 0 atom stereocenters. The molecule has 0 spiro atoms. The first-order valence-electron chi connectivity index (χ1n) is 8.59. The van der Waals surface area contributed by atoms with Crippen LogP contribution in [0.5, 0.6) is 5.75 Å². The van der Waals surface area contributed by atoms with Crippen LogP contribution in [-0.2, 0) is 19.4 Å². The molecule has 6 nitrogen and oxygen atoms in total. The molecular formula is C20H19N3O3. The van der Waals surface area contributed by atoms with Gasteiger partial charge in [0.05, 0.1) is 6.42 Å². The average Bonchev–Trinajstić information content (AvgIpc) is 3.09. The predicted octanol–water partition coefficient (Wildman–Crippen LogP) is 2.83. The van der Waals surface area contributed by atoms with Gasteiger partial charge < -0.3 is 14.6 Å². The number of hydrogen-bond acceptors (Lipinski definition) is 5. The smallest absolute Gasteiger partial charge is 0.251 e. The summed E-state index contributed by atoms with van der Waals surface area (Å²) in [5.41, 5.74) is 4.07. The maximum Gasteiger partial charge on any atom is 0.251 e. The molecule has 0 saturated heterocycles. The number of carbonyl (C=O) groups excluding carboxylic acids is 1. The molecule has 1 aliphatic heterocycles. The van der Waals surface area contributed by atoms with Gasteiger partial charge in [-0.3, -0.25) is 4.79 Å². The van der Waals surface area contributed by atoms with E-state index >= 15 is 0 Å². The van der Waals surface area contributed by atoms with Crippen molar-refractivity contribution >= 4 is 5.91 Å². The van der Waals surface area contributed by atoms with Crippen LogP contribution in [0.4, 0.5) is 0 Å². The summed E-state index contributed by atoms with van der Waals surface area (Å²) in [5.74, 6) is 1.74. The summed E-state index contributed by atoms with van der Waals surface area (Å²) < 4.78 is 11.1. The number of ether oxygens (including phenoxy) is 1. The number of aromatic nitrogens is 2. The van der Waals surface area contributed by atoms with E-state index in [4.69, 9.17) is 9.26 Å². The summed E-state index contributed by atoms with van der Waals surface area (Å²) in [6.07, 6.45) is 1.41. The molecule has 2 aromatic carbocycles. The van der Waals surface area contributed by atoms with E-state index in [9.17, 15) is 4.79 Å². The normalized spacial score (nSPS) is 13.2. The molecule has 0 saturated carbocycles. The Morgan fingerprint density at radius 1 is 1.23 bits per heavy atom. The number of fused-ring (bicyclic) bond motifs is 1. The summed E-state index contributed by atoms with van der Waals surface area (Å²) in [5, 5.41) is 6.81. The quantitative estimate of drug-likeness (QED) is 0.766. The van der Waals surface area contributed by atoms with Crippen LogP contribution in [0.15, 0.2) is 47.0 Å². The lowest BCUT2D eigenvalue weighted by molar-refractivity contribution is 0.0946. The highest BCUT2D eigenvalue weighted by atomic mass is 16.5. The zero-order valence-electron chi connectivity index (χ0n) is 14.5. The SMILES string of the molecule is Cc1ccccc1Cc1nc(COc2ccc3c(c2)CCNC3=O)no1. The fourth-order valence-corrected chi connectivity index (χ4v) is 3.03. The topological polar surface area (TPSA) is 77.2 Å². The highest BCUT2D eigenvalue weighted by Crippen LogP contribution is 2.21. The van der Waals surface area contributed by atoms with Gasteiger partial charge in [-0.1, -0.05) is 29.4 Å². The second kappa shape index (κ2) is 7.00. The minimum Gasteiger partial charge on any atom is -0.485 e. The molecule has 6 heteroatoms. The summed E-state index contributed by atoms with van der Waals surface area (Å²) in [6.45, 7) is 2.94. The van der Waals surface area contributed by atoms with Gasteiger partial charge in [0, 0.05) is 12.1 Å². The Bertz CT molecular complexity index is 949. The van der Waals surface area contributed by atoms with Gasteiger partial charge in [-0.25, -0.2) is 0 Å². The van der Waals surface area contributed by atoms with Crippen LogP contribution >= 0.6 is 0 Å². The van der Waals surface area contributed by atoms with Gasteiger partial charge in [-0.05, 0) is 48.2 Å². The van der Waals surface area contributed by atoms with Crippen molar-refractivity contribution in [3.8, 4) is 5.75 Å². The number of carbonyl (C=O) groups is 1. The Labute approximate surface area is 151 Å². The summed E-state index contributed by atoms with van der Waals surface area (Å²) in [4.78, 5) is 16.2. The Morgan fingerprint density at radius 3 is 3.00 bits per heavy atom. The van der Waals surface area contributed by atoms with Crippen LogP contribution in [0.1, 0.15) is 38.8 Å². The zero-order valence-corrected chi connectivity index (χ0v) is 14.5. The van der Waals surface area contributed by atoms with Crippen LogP contribution < -0.4 is 10.1 Å². The maximum absolute atomic E-state index is 11.8. The molecule has 0 bridgehead atoms. The molecule has 4 rings (SSSR count). The third kappa shape index (κ3) is 3.44. The van der Waals surface area contributed by atoms with Crippen molar-refractivity contribution in [2.75, 3.05) is 6.54 Å². The molecule has 2 heterocycles. The molecule has 132 valence electrons. The van der Waals surface area contributed by atoms with Crippen molar-refractivity contribution in [2.24, 2.45) is 0 Å². The number of hydrogen-bond donors (Lipinski definition) is 1. The minimum absolute atomic E-state index is 0.0307. The Hall–Kier alpha value is -3.15. The Kier molecular flexibility index (Phi) is 4.39. The predicted molar refractivity (Wildman–Crippen MR) is 95.1 cm³/mol. The highest BCUT2D eigenvalue weighted by Gasteiger charge is 2.17. The molecule has 26 heavy (non-hydrogen) atoms. The molecule has 1 N–H and O–H groups in total. The molecule has 3 aromatic rings. The van der Waals surface area contributed by atoms with Gasteiger partial charge in [0.1, 0.15) is 5.75 Å². The summed E-state index contributed by atoms with van der Waals surface area (Å²) >= 11 is 0.